The normalized spacial score (nSPS) is 33.6. The Balaban J connectivity index is 1.94. The molecule has 2 saturated heterocycles. The Bertz CT molecular complexity index is 693. The van der Waals surface area contributed by atoms with Crippen LogP contribution in [0, 0.1) is 6.92 Å². The van der Waals surface area contributed by atoms with Crippen molar-refractivity contribution in [3.63, 3.8) is 0 Å². The molecule has 3 heterocycles. The maximum atomic E-state index is 12.0. The molecule has 0 aromatic carbocycles. The Labute approximate surface area is 126 Å². The Morgan fingerprint density at radius 1 is 1.45 bits per heavy atom. The number of aromatic nitrogens is 2. The van der Waals surface area contributed by atoms with E-state index in [2.05, 4.69) is 4.98 Å². The van der Waals surface area contributed by atoms with Crippen molar-refractivity contribution in [3.8, 4) is 0 Å². The number of hydrogen-bond acceptors (Lipinski definition) is 6. The fourth-order valence-corrected chi connectivity index (χ4v) is 3.07. The third-order valence-corrected chi connectivity index (χ3v) is 4.16. The average Bonchev–Trinajstić information content (AvgIpc) is 2.94. The van der Waals surface area contributed by atoms with Crippen molar-refractivity contribution >= 4 is 0 Å². The van der Waals surface area contributed by atoms with E-state index < -0.39 is 35.0 Å². The van der Waals surface area contributed by atoms with Crippen LogP contribution in [0.3, 0.4) is 0 Å². The summed E-state index contributed by atoms with van der Waals surface area (Å²) in [6, 6.07) is 0. The number of aliphatic hydroxyl groups is 1. The van der Waals surface area contributed by atoms with Crippen LogP contribution in [0.15, 0.2) is 15.8 Å². The molecule has 1 aromatic rings. The van der Waals surface area contributed by atoms with E-state index in [0.717, 1.165) is 0 Å². The van der Waals surface area contributed by atoms with Crippen molar-refractivity contribution in [2.75, 3.05) is 13.2 Å². The van der Waals surface area contributed by atoms with E-state index in [4.69, 9.17) is 14.2 Å². The zero-order chi connectivity index (χ0) is 16.1. The van der Waals surface area contributed by atoms with Gasteiger partial charge in [-0.2, -0.15) is 0 Å². The van der Waals surface area contributed by atoms with Gasteiger partial charge in [-0.25, -0.2) is 4.79 Å². The van der Waals surface area contributed by atoms with Crippen LogP contribution in [0.2, 0.25) is 0 Å². The van der Waals surface area contributed by atoms with Crippen LogP contribution in [-0.4, -0.2) is 45.4 Å². The minimum atomic E-state index is -0.799. The Kier molecular flexibility index (Phi) is 3.52. The summed E-state index contributed by atoms with van der Waals surface area (Å²) in [6.45, 7) is 5.23. The first-order valence-electron chi connectivity index (χ1n) is 7.19. The van der Waals surface area contributed by atoms with Crippen LogP contribution >= 0.6 is 0 Å². The molecular weight excluding hydrogens is 292 g/mol. The maximum Gasteiger partial charge on any atom is 0.330 e. The molecular formula is C14H20N2O6. The fraction of sp³-hybridized carbons (Fsp3) is 0.714. The van der Waals surface area contributed by atoms with Gasteiger partial charge < -0.3 is 19.3 Å². The van der Waals surface area contributed by atoms with Gasteiger partial charge in [0.15, 0.2) is 5.79 Å². The average molecular weight is 312 g/mol. The van der Waals surface area contributed by atoms with Crippen molar-refractivity contribution in [1.82, 2.24) is 9.55 Å². The minimum absolute atomic E-state index is 0.243. The number of hydrogen-bond donors (Lipinski definition) is 2. The van der Waals surface area contributed by atoms with Gasteiger partial charge in [0, 0.05) is 18.2 Å². The van der Waals surface area contributed by atoms with E-state index in [-0.39, 0.29) is 13.2 Å². The molecule has 1 spiro atoms. The van der Waals surface area contributed by atoms with E-state index in [1.54, 1.807) is 20.8 Å². The summed E-state index contributed by atoms with van der Waals surface area (Å²) in [5.74, 6) is -0.766. The molecule has 122 valence electrons. The van der Waals surface area contributed by atoms with Crippen LogP contribution < -0.4 is 11.2 Å². The molecule has 8 nitrogen and oxygen atoms in total. The van der Waals surface area contributed by atoms with E-state index >= 15 is 0 Å². The highest BCUT2D eigenvalue weighted by atomic mass is 16.8. The number of nitrogens with zero attached hydrogens (tertiary/aromatic N) is 1. The molecule has 8 heteroatoms. The minimum Gasteiger partial charge on any atom is -0.394 e. The third kappa shape index (κ3) is 2.41. The summed E-state index contributed by atoms with van der Waals surface area (Å²) >= 11 is 0. The van der Waals surface area contributed by atoms with Gasteiger partial charge in [0.05, 0.1) is 13.2 Å². The second-order valence-corrected chi connectivity index (χ2v) is 6.30. The van der Waals surface area contributed by atoms with Crippen molar-refractivity contribution in [2.24, 2.45) is 0 Å². The zero-order valence-electron chi connectivity index (χ0n) is 12.8. The Hall–Kier alpha value is -1.48. The van der Waals surface area contributed by atoms with E-state index in [1.807, 2.05) is 0 Å². The van der Waals surface area contributed by atoms with Crippen molar-refractivity contribution in [2.45, 2.75) is 50.9 Å². The standard InChI is InChI=1S/C14H20N2O6/c1-8-5-16(12(19)15-11(8)18)10-4-14(9(6-17)21-10)7-20-13(2,3)22-14/h5,9-10,17H,4,6-7H2,1-3H3,(H,15,18,19)/t9-,10-,14?/m1/s1. The van der Waals surface area contributed by atoms with Gasteiger partial charge in [-0.3, -0.25) is 14.3 Å². The van der Waals surface area contributed by atoms with Crippen LogP contribution in [0.4, 0.5) is 0 Å². The summed E-state index contributed by atoms with van der Waals surface area (Å²) in [7, 11) is 0. The molecule has 2 fully saturated rings. The molecule has 3 rings (SSSR count). The van der Waals surface area contributed by atoms with E-state index in [9.17, 15) is 14.7 Å². The molecule has 2 N–H and O–H groups in total. The summed E-state index contributed by atoms with van der Waals surface area (Å²) in [6.07, 6.45) is 0.587. The lowest BCUT2D eigenvalue weighted by molar-refractivity contribution is -0.176. The van der Waals surface area contributed by atoms with Crippen LogP contribution in [-0.2, 0) is 14.2 Å². The molecule has 0 amide bonds. The van der Waals surface area contributed by atoms with Gasteiger partial charge >= 0.3 is 5.69 Å². The van der Waals surface area contributed by atoms with Crippen molar-refractivity contribution < 1.29 is 19.3 Å². The first kappa shape index (κ1) is 15.4. The SMILES string of the molecule is Cc1cn([C@H]2CC3(COC(C)(C)O3)[C@@H](CO)O2)c(=O)[nH]c1=O. The summed E-state index contributed by atoms with van der Waals surface area (Å²) in [4.78, 5) is 25.7. The second kappa shape index (κ2) is 5.02. The quantitative estimate of drug-likeness (QED) is 0.773. The van der Waals surface area contributed by atoms with Gasteiger partial charge in [0.25, 0.3) is 5.56 Å². The van der Waals surface area contributed by atoms with Crippen molar-refractivity contribution in [1.29, 1.82) is 0 Å². The number of H-pyrrole nitrogens is 1. The summed E-state index contributed by atoms with van der Waals surface area (Å²) in [5, 5.41) is 9.59. The first-order valence-corrected chi connectivity index (χ1v) is 7.19. The van der Waals surface area contributed by atoms with Crippen LogP contribution in [0.1, 0.15) is 32.1 Å². The van der Waals surface area contributed by atoms with Gasteiger partial charge in [0.2, 0.25) is 0 Å². The highest BCUT2D eigenvalue weighted by Crippen LogP contribution is 2.45. The maximum absolute atomic E-state index is 12.0. The zero-order valence-corrected chi connectivity index (χ0v) is 12.8. The topological polar surface area (TPSA) is 103 Å². The molecule has 1 unspecified atom stereocenters. The highest BCUT2D eigenvalue weighted by molar-refractivity contribution is 5.05. The van der Waals surface area contributed by atoms with Gasteiger partial charge in [-0.1, -0.05) is 0 Å². The van der Waals surface area contributed by atoms with Gasteiger partial charge in [-0.05, 0) is 20.8 Å². The Morgan fingerprint density at radius 3 is 2.77 bits per heavy atom. The number of ether oxygens (including phenoxy) is 3. The predicted octanol–water partition coefficient (Wildman–Crippen LogP) is -0.353. The van der Waals surface area contributed by atoms with Crippen LogP contribution in [0.5, 0.6) is 0 Å². The lowest BCUT2D eigenvalue weighted by Gasteiger charge is -2.27. The molecule has 22 heavy (non-hydrogen) atoms. The van der Waals surface area contributed by atoms with Gasteiger partial charge in [0.1, 0.15) is 17.9 Å². The third-order valence-electron chi connectivity index (χ3n) is 4.16. The lowest BCUT2D eigenvalue weighted by Crippen LogP contribution is -2.44. The highest BCUT2D eigenvalue weighted by Gasteiger charge is 2.57. The van der Waals surface area contributed by atoms with Crippen LogP contribution in [0.25, 0.3) is 0 Å². The summed E-state index contributed by atoms with van der Waals surface area (Å²) in [5.41, 5.74) is -1.36. The molecule has 0 radical (unpaired) electrons. The number of aryl methyl sites for hydroxylation is 1. The summed E-state index contributed by atoms with van der Waals surface area (Å²) < 4.78 is 18.7. The molecule has 1 aromatic heterocycles. The smallest absolute Gasteiger partial charge is 0.330 e. The van der Waals surface area contributed by atoms with Gasteiger partial charge in [-0.15, -0.1) is 0 Å². The second-order valence-electron chi connectivity index (χ2n) is 6.30. The Morgan fingerprint density at radius 2 is 2.18 bits per heavy atom. The fourth-order valence-electron chi connectivity index (χ4n) is 3.07. The monoisotopic (exact) mass is 312 g/mol. The van der Waals surface area contributed by atoms with Crippen molar-refractivity contribution in [3.05, 3.63) is 32.6 Å². The molecule has 3 atom stereocenters. The molecule has 0 aliphatic carbocycles. The number of nitrogens with one attached hydrogen (secondary N) is 1. The van der Waals surface area contributed by atoms with E-state index in [0.29, 0.717) is 12.0 Å². The molecule has 0 saturated carbocycles. The molecule has 0 bridgehead atoms. The number of aromatic amines is 1. The largest absolute Gasteiger partial charge is 0.394 e. The predicted molar refractivity (Wildman–Crippen MR) is 75.5 cm³/mol. The lowest BCUT2D eigenvalue weighted by atomic mass is 9.96. The van der Waals surface area contributed by atoms with E-state index in [1.165, 1.54) is 10.8 Å². The molecule has 2 aliphatic heterocycles. The number of rotatable bonds is 2. The first-order chi connectivity index (χ1) is 10.3. The molecule has 2 aliphatic rings. The number of aliphatic hydroxyl groups excluding tert-OH is 1.